The minimum atomic E-state index is -0.292. The van der Waals surface area contributed by atoms with E-state index in [0.717, 1.165) is 39.5 Å². The van der Waals surface area contributed by atoms with Crippen LogP contribution < -0.4 is 0 Å². The van der Waals surface area contributed by atoms with Crippen molar-refractivity contribution in [1.29, 1.82) is 0 Å². The topological polar surface area (TPSA) is 25.8 Å². The highest BCUT2D eigenvalue weighted by Gasteiger charge is 2.41. The first-order valence-corrected chi connectivity index (χ1v) is 14.2. The molecule has 0 spiro atoms. The van der Waals surface area contributed by atoms with Crippen molar-refractivity contribution in [3.05, 3.63) is 145 Å². The third-order valence-electron chi connectivity index (χ3n) is 8.60. The molecule has 8 rings (SSSR count). The Balaban J connectivity index is 1.45. The molecule has 1 aromatic heterocycles. The van der Waals surface area contributed by atoms with Gasteiger partial charge in [-0.1, -0.05) is 141 Å². The van der Waals surface area contributed by atoms with Crippen molar-refractivity contribution >= 4 is 21.5 Å². The van der Waals surface area contributed by atoms with Crippen molar-refractivity contribution < 1.29 is 0 Å². The number of rotatable bonds is 3. The second-order valence-corrected chi connectivity index (χ2v) is 11.4. The van der Waals surface area contributed by atoms with Crippen molar-refractivity contribution in [3.63, 3.8) is 0 Å². The van der Waals surface area contributed by atoms with Gasteiger partial charge in [-0.15, -0.1) is 0 Å². The Kier molecular flexibility index (Phi) is 5.20. The molecule has 0 aliphatic heterocycles. The Morgan fingerprint density at radius 2 is 1.12 bits per heavy atom. The van der Waals surface area contributed by atoms with Crippen LogP contribution in [0.5, 0.6) is 0 Å². The largest absolute Gasteiger partial charge is 0.231 e. The van der Waals surface area contributed by atoms with Gasteiger partial charge in [-0.3, -0.25) is 0 Å². The minimum absolute atomic E-state index is 0.292. The van der Waals surface area contributed by atoms with Gasteiger partial charge in [0.15, 0.2) is 5.82 Å². The molecule has 41 heavy (non-hydrogen) atoms. The summed E-state index contributed by atoms with van der Waals surface area (Å²) >= 11 is 0. The number of fused-ring (bicyclic) bond motifs is 6. The van der Waals surface area contributed by atoms with Gasteiger partial charge in [0, 0.05) is 22.1 Å². The Hall–Kier alpha value is -5.08. The molecule has 2 heteroatoms. The van der Waals surface area contributed by atoms with Gasteiger partial charge in [0.05, 0.1) is 11.4 Å². The molecule has 0 radical (unpaired) electrons. The quantitative estimate of drug-likeness (QED) is 0.230. The predicted molar refractivity (Wildman–Crippen MR) is 171 cm³/mol. The van der Waals surface area contributed by atoms with Crippen molar-refractivity contribution in [2.24, 2.45) is 0 Å². The molecule has 0 saturated heterocycles. The molecule has 1 aliphatic rings. The van der Waals surface area contributed by atoms with Gasteiger partial charge in [-0.25, -0.2) is 9.97 Å². The first-order valence-electron chi connectivity index (χ1n) is 14.2. The van der Waals surface area contributed by atoms with Crippen LogP contribution >= 0.6 is 0 Å². The van der Waals surface area contributed by atoms with Crippen LogP contribution in [0.3, 0.4) is 0 Å². The average molecular weight is 525 g/mol. The lowest BCUT2D eigenvalue weighted by Gasteiger charge is -2.22. The Bertz CT molecular complexity index is 2120. The van der Waals surface area contributed by atoms with Crippen molar-refractivity contribution in [2.45, 2.75) is 19.3 Å². The van der Waals surface area contributed by atoms with Gasteiger partial charge in [-0.2, -0.15) is 0 Å². The van der Waals surface area contributed by atoms with E-state index in [1.54, 1.807) is 0 Å². The zero-order valence-corrected chi connectivity index (χ0v) is 23.1. The predicted octanol–water partition coefficient (Wildman–Crippen LogP) is 10.1. The van der Waals surface area contributed by atoms with Crippen LogP contribution in [0.25, 0.3) is 66.4 Å². The lowest BCUT2D eigenvalue weighted by atomic mass is 9.82. The number of hydrogen-bond acceptors (Lipinski definition) is 2. The smallest absolute Gasteiger partial charge is 0.160 e. The molecule has 0 unspecified atom stereocenters. The first-order chi connectivity index (χ1) is 20.1. The lowest BCUT2D eigenvalue weighted by molar-refractivity contribution is 0.641. The standard InChI is InChI=1S/C39H28N2/c1-39(2)35-31-20-9-7-15-27(31)22-23-33(35)34-36(32-21-11-16-26-14-6-8-19-30(26)32)40-38(41-37(34)39)29-18-10-17-28(24-29)25-12-4-3-5-13-25/h3-24H,1-2H3. The molecule has 6 aromatic carbocycles. The van der Waals surface area contributed by atoms with Crippen LogP contribution in [0.2, 0.25) is 0 Å². The molecule has 1 aliphatic carbocycles. The molecule has 0 atom stereocenters. The van der Waals surface area contributed by atoms with Crippen LogP contribution in [0.4, 0.5) is 0 Å². The van der Waals surface area contributed by atoms with Gasteiger partial charge in [-0.05, 0) is 49.9 Å². The average Bonchev–Trinajstić information content (AvgIpc) is 3.27. The number of nitrogens with zero attached hydrogens (tertiary/aromatic N) is 2. The highest BCUT2D eigenvalue weighted by molar-refractivity contribution is 6.04. The van der Waals surface area contributed by atoms with E-state index in [4.69, 9.17) is 9.97 Å². The summed E-state index contributed by atoms with van der Waals surface area (Å²) < 4.78 is 0. The molecule has 0 fully saturated rings. The van der Waals surface area contributed by atoms with Gasteiger partial charge >= 0.3 is 0 Å². The van der Waals surface area contributed by atoms with E-state index in [1.807, 2.05) is 0 Å². The van der Waals surface area contributed by atoms with E-state index >= 15 is 0 Å². The lowest BCUT2D eigenvalue weighted by Crippen LogP contribution is -2.18. The summed E-state index contributed by atoms with van der Waals surface area (Å²) in [6, 6.07) is 47.5. The van der Waals surface area contributed by atoms with E-state index < -0.39 is 0 Å². The third kappa shape index (κ3) is 3.64. The second kappa shape index (κ2) is 8.97. The van der Waals surface area contributed by atoms with E-state index in [9.17, 15) is 0 Å². The van der Waals surface area contributed by atoms with Crippen LogP contribution in [0.1, 0.15) is 25.1 Å². The van der Waals surface area contributed by atoms with Crippen molar-refractivity contribution in [2.75, 3.05) is 0 Å². The third-order valence-corrected chi connectivity index (χ3v) is 8.60. The minimum Gasteiger partial charge on any atom is -0.231 e. The summed E-state index contributed by atoms with van der Waals surface area (Å²) in [6.45, 7) is 4.63. The summed E-state index contributed by atoms with van der Waals surface area (Å²) in [6.07, 6.45) is 0. The van der Waals surface area contributed by atoms with E-state index in [1.165, 1.54) is 38.2 Å². The molecule has 7 aromatic rings. The maximum Gasteiger partial charge on any atom is 0.160 e. The molecule has 2 nitrogen and oxygen atoms in total. The molecule has 0 N–H and O–H groups in total. The number of benzene rings is 6. The SMILES string of the molecule is CC1(C)c2nc(-c3cccc(-c4ccccc4)c3)nc(-c3cccc4ccccc34)c2-c2ccc3ccccc3c21. The summed E-state index contributed by atoms with van der Waals surface area (Å²) in [7, 11) is 0. The maximum absolute atomic E-state index is 5.40. The number of aromatic nitrogens is 2. The Morgan fingerprint density at radius 3 is 1.95 bits per heavy atom. The van der Waals surface area contributed by atoms with Crippen LogP contribution in [-0.2, 0) is 5.41 Å². The zero-order valence-electron chi connectivity index (χ0n) is 23.1. The summed E-state index contributed by atoms with van der Waals surface area (Å²) in [4.78, 5) is 10.8. The maximum atomic E-state index is 5.40. The molecular weight excluding hydrogens is 496 g/mol. The highest BCUT2D eigenvalue weighted by Crippen LogP contribution is 2.54. The highest BCUT2D eigenvalue weighted by atomic mass is 14.9. The fraction of sp³-hybridized carbons (Fsp3) is 0.0769. The fourth-order valence-electron chi connectivity index (χ4n) is 6.66. The fourth-order valence-corrected chi connectivity index (χ4v) is 6.66. The molecule has 1 heterocycles. The molecule has 0 saturated carbocycles. The summed E-state index contributed by atoms with van der Waals surface area (Å²) in [5.74, 6) is 0.759. The monoisotopic (exact) mass is 524 g/mol. The van der Waals surface area contributed by atoms with Gasteiger partial charge in [0.25, 0.3) is 0 Å². The van der Waals surface area contributed by atoms with Crippen LogP contribution in [0, 0.1) is 0 Å². The molecule has 0 bridgehead atoms. The van der Waals surface area contributed by atoms with Crippen molar-refractivity contribution in [1.82, 2.24) is 9.97 Å². The van der Waals surface area contributed by atoms with E-state index in [2.05, 4.69) is 147 Å². The zero-order chi connectivity index (χ0) is 27.6. The van der Waals surface area contributed by atoms with Crippen molar-refractivity contribution in [3.8, 4) is 44.9 Å². The first kappa shape index (κ1) is 23.8. The Labute approximate surface area is 240 Å². The Morgan fingerprint density at radius 1 is 0.488 bits per heavy atom. The van der Waals surface area contributed by atoms with Crippen LogP contribution in [0.15, 0.2) is 133 Å². The summed E-state index contributed by atoms with van der Waals surface area (Å²) in [5.41, 5.74) is 10.0. The normalized spacial score (nSPS) is 13.3. The summed E-state index contributed by atoms with van der Waals surface area (Å²) in [5, 5.41) is 4.94. The van der Waals surface area contributed by atoms with E-state index in [-0.39, 0.29) is 5.41 Å². The second-order valence-electron chi connectivity index (χ2n) is 11.4. The van der Waals surface area contributed by atoms with E-state index in [0.29, 0.717) is 0 Å². The number of hydrogen-bond donors (Lipinski definition) is 0. The van der Waals surface area contributed by atoms with Gasteiger partial charge in [0.2, 0.25) is 0 Å². The molecule has 0 amide bonds. The van der Waals surface area contributed by atoms with Gasteiger partial charge < -0.3 is 0 Å². The molecule has 194 valence electrons. The molecular formula is C39H28N2. The van der Waals surface area contributed by atoms with Crippen LogP contribution in [-0.4, -0.2) is 9.97 Å². The van der Waals surface area contributed by atoms with Gasteiger partial charge in [0.1, 0.15) is 0 Å².